The molecule has 2 aromatic carbocycles. The summed E-state index contributed by atoms with van der Waals surface area (Å²) in [5.41, 5.74) is -1.72. The van der Waals surface area contributed by atoms with Crippen LogP contribution in [0.1, 0.15) is 53.6 Å². The third kappa shape index (κ3) is 3.81. The Morgan fingerprint density at radius 1 is 1.00 bits per heavy atom. The van der Waals surface area contributed by atoms with Gasteiger partial charge in [0.2, 0.25) is 0 Å². The number of nitrogens with zero attached hydrogens (tertiary/aromatic N) is 2. The molecule has 2 aromatic rings. The van der Waals surface area contributed by atoms with Crippen molar-refractivity contribution < 1.29 is 27.2 Å². The first-order chi connectivity index (χ1) is 15.2. The van der Waals surface area contributed by atoms with E-state index in [1.807, 2.05) is 0 Å². The van der Waals surface area contributed by atoms with Crippen LogP contribution in [0.5, 0.6) is 0 Å². The number of benzene rings is 2. The fraction of sp³-hybridized carbons (Fsp3) is 0.348. The molecule has 9 heteroatoms. The van der Waals surface area contributed by atoms with Gasteiger partial charge in [0.1, 0.15) is 17.7 Å². The predicted molar refractivity (Wildman–Crippen MR) is 107 cm³/mol. The zero-order valence-electron chi connectivity index (χ0n) is 16.9. The van der Waals surface area contributed by atoms with Gasteiger partial charge in [-0.05, 0) is 68.5 Å². The third-order valence-corrected chi connectivity index (χ3v) is 6.11. The van der Waals surface area contributed by atoms with Gasteiger partial charge in [0, 0.05) is 23.3 Å². The van der Waals surface area contributed by atoms with Crippen LogP contribution in [0.3, 0.4) is 0 Å². The highest BCUT2D eigenvalue weighted by atomic mass is 19.3. The number of rotatable bonds is 4. The first-order valence-electron chi connectivity index (χ1n) is 10.2. The average Bonchev–Trinajstić information content (AvgIpc) is 3.02. The summed E-state index contributed by atoms with van der Waals surface area (Å²) in [7, 11) is 0. The number of carbonyl (C=O) groups is 2. The van der Waals surface area contributed by atoms with Crippen LogP contribution in [0, 0.1) is 23.0 Å². The van der Waals surface area contributed by atoms with E-state index >= 15 is 8.78 Å². The number of carbonyl (C=O) groups excluding carboxylic acids is 2. The van der Waals surface area contributed by atoms with Crippen LogP contribution in [-0.2, 0) is 10.7 Å². The van der Waals surface area contributed by atoms with Gasteiger partial charge >= 0.3 is 5.92 Å². The molecule has 0 radical (unpaired) electrons. The lowest BCUT2D eigenvalue weighted by Gasteiger charge is -2.37. The van der Waals surface area contributed by atoms with E-state index in [4.69, 9.17) is 5.26 Å². The molecule has 2 aliphatic heterocycles. The third-order valence-electron chi connectivity index (χ3n) is 6.11. The second-order valence-corrected chi connectivity index (χ2v) is 8.06. The Morgan fingerprint density at radius 3 is 2.31 bits per heavy atom. The van der Waals surface area contributed by atoms with Crippen molar-refractivity contribution in [2.75, 3.05) is 5.32 Å². The smallest absolute Gasteiger partial charge is 0.331 e. The van der Waals surface area contributed by atoms with Crippen molar-refractivity contribution in [1.82, 2.24) is 4.90 Å². The molecule has 2 saturated heterocycles. The molecule has 2 fully saturated rings. The van der Waals surface area contributed by atoms with E-state index < -0.39 is 34.9 Å². The highest BCUT2D eigenvalue weighted by Gasteiger charge is 2.52. The number of nitrogens with one attached hydrogen (secondary N) is 1. The van der Waals surface area contributed by atoms with Crippen LogP contribution >= 0.6 is 0 Å². The summed E-state index contributed by atoms with van der Waals surface area (Å²) < 4.78 is 58.1. The number of anilines is 1. The van der Waals surface area contributed by atoms with E-state index in [0.29, 0.717) is 37.8 Å². The van der Waals surface area contributed by atoms with E-state index in [1.165, 1.54) is 11.0 Å². The number of piperidine rings is 1. The lowest BCUT2D eigenvalue weighted by Crippen LogP contribution is -2.50. The Kier molecular flexibility index (Phi) is 5.63. The minimum absolute atomic E-state index is 0.0616. The second-order valence-electron chi connectivity index (χ2n) is 8.06. The van der Waals surface area contributed by atoms with Gasteiger partial charge in [-0.1, -0.05) is 0 Å². The van der Waals surface area contributed by atoms with Crippen molar-refractivity contribution in [1.29, 1.82) is 5.26 Å². The van der Waals surface area contributed by atoms with Crippen LogP contribution in [-0.4, -0.2) is 28.8 Å². The van der Waals surface area contributed by atoms with E-state index in [-0.39, 0.29) is 28.9 Å². The van der Waals surface area contributed by atoms with Crippen LogP contribution in [0.15, 0.2) is 36.4 Å². The molecule has 2 heterocycles. The van der Waals surface area contributed by atoms with Gasteiger partial charge in [-0.3, -0.25) is 9.59 Å². The molecule has 1 unspecified atom stereocenters. The molecule has 2 bridgehead atoms. The zero-order valence-corrected chi connectivity index (χ0v) is 16.9. The standard InChI is InChI=1S/C23H19F4N3O2/c24-19-9-5-15(10-14(19)12-28)29-21(31)13-4-8-20(25)18(11-13)23(26,27)22(32)30-16-2-1-3-17(30)7-6-16/h4-5,8-11,16-17H,1-3,6-7H2,(H,29,31)/t16-,17?/m0/s1. The number of nitriles is 1. The molecule has 0 aliphatic carbocycles. The Hall–Kier alpha value is -3.41. The van der Waals surface area contributed by atoms with Crippen molar-refractivity contribution in [3.05, 3.63) is 64.7 Å². The molecule has 0 aromatic heterocycles. The summed E-state index contributed by atoms with van der Waals surface area (Å²) in [6.07, 6.45) is 3.46. The summed E-state index contributed by atoms with van der Waals surface area (Å²) >= 11 is 0. The normalized spacial score (nSPS) is 20.0. The van der Waals surface area contributed by atoms with Crippen molar-refractivity contribution in [2.24, 2.45) is 0 Å². The highest BCUT2D eigenvalue weighted by molar-refractivity contribution is 6.04. The molecule has 2 aliphatic rings. The first kappa shape index (κ1) is 21.8. The quantitative estimate of drug-likeness (QED) is 0.692. The molecule has 5 nitrogen and oxygen atoms in total. The van der Waals surface area contributed by atoms with Gasteiger partial charge in [0.25, 0.3) is 11.8 Å². The maximum Gasteiger partial charge on any atom is 0.352 e. The summed E-state index contributed by atoms with van der Waals surface area (Å²) in [6.45, 7) is 0. The zero-order chi connectivity index (χ0) is 23.0. The summed E-state index contributed by atoms with van der Waals surface area (Å²) in [5.74, 6) is -8.53. The van der Waals surface area contributed by atoms with Crippen LogP contribution in [0.2, 0.25) is 0 Å². The number of alkyl halides is 2. The highest BCUT2D eigenvalue weighted by Crippen LogP contribution is 2.41. The molecule has 0 spiro atoms. The number of halogens is 4. The molecule has 4 rings (SSSR count). The largest absolute Gasteiger partial charge is 0.352 e. The van der Waals surface area contributed by atoms with E-state index in [0.717, 1.165) is 24.6 Å². The van der Waals surface area contributed by atoms with Gasteiger partial charge in [-0.2, -0.15) is 14.0 Å². The number of hydrogen-bond acceptors (Lipinski definition) is 3. The number of fused-ring (bicyclic) bond motifs is 2. The van der Waals surface area contributed by atoms with E-state index in [2.05, 4.69) is 5.32 Å². The maximum absolute atomic E-state index is 15.1. The second kappa shape index (κ2) is 8.26. The van der Waals surface area contributed by atoms with Crippen molar-refractivity contribution in [2.45, 2.75) is 50.1 Å². The minimum Gasteiger partial charge on any atom is -0.331 e. The predicted octanol–water partition coefficient (Wildman–Crippen LogP) is 4.72. The molecule has 166 valence electrons. The maximum atomic E-state index is 15.1. The Bertz CT molecular complexity index is 1110. The van der Waals surface area contributed by atoms with Gasteiger partial charge in [-0.25, -0.2) is 8.78 Å². The molecule has 1 N–H and O–H groups in total. The van der Waals surface area contributed by atoms with Gasteiger partial charge in [0.15, 0.2) is 0 Å². The molecule has 2 amide bonds. The topological polar surface area (TPSA) is 73.2 Å². The summed E-state index contributed by atoms with van der Waals surface area (Å²) in [6, 6.07) is 6.72. The van der Waals surface area contributed by atoms with Gasteiger partial charge in [0.05, 0.1) is 11.1 Å². The summed E-state index contributed by atoms with van der Waals surface area (Å²) in [5, 5.41) is 11.2. The van der Waals surface area contributed by atoms with Crippen molar-refractivity contribution in [3.63, 3.8) is 0 Å². The fourth-order valence-electron chi connectivity index (χ4n) is 4.53. The Labute approximate surface area is 181 Å². The van der Waals surface area contributed by atoms with Crippen LogP contribution in [0.4, 0.5) is 23.2 Å². The molecule has 32 heavy (non-hydrogen) atoms. The van der Waals surface area contributed by atoms with E-state index in [9.17, 15) is 18.4 Å². The monoisotopic (exact) mass is 445 g/mol. The Balaban J connectivity index is 1.60. The Morgan fingerprint density at radius 2 is 1.66 bits per heavy atom. The molecular formula is C23H19F4N3O2. The summed E-state index contributed by atoms with van der Waals surface area (Å²) in [4.78, 5) is 26.5. The first-order valence-corrected chi connectivity index (χ1v) is 10.2. The van der Waals surface area contributed by atoms with E-state index in [1.54, 1.807) is 6.07 Å². The van der Waals surface area contributed by atoms with Crippen molar-refractivity contribution >= 4 is 17.5 Å². The number of hydrogen-bond donors (Lipinski definition) is 1. The number of amides is 2. The average molecular weight is 445 g/mol. The fourth-order valence-corrected chi connectivity index (χ4v) is 4.53. The van der Waals surface area contributed by atoms with Crippen LogP contribution in [0.25, 0.3) is 0 Å². The molecule has 2 atom stereocenters. The van der Waals surface area contributed by atoms with Crippen molar-refractivity contribution in [3.8, 4) is 6.07 Å². The minimum atomic E-state index is -4.14. The van der Waals surface area contributed by atoms with Gasteiger partial charge in [-0.15, -0.1) is 0 Å². The lowest BCUT2D eigenvalue weighted by atomic mass is 9.98. The lowest BCUT2D eigenvalue weighted by molar-refractivity contribution is -0.164. The van der Waals surface area contributed by atoms with Crippen LogP contribution < -0.4 is 5.32 Å². The molecule has 0 saturated carbocycles. The SMILES string of the molecule is N#Cc1cc(NC(=O)c2ccc(F)c(C(F)(F)C(=O)N3C4CCC[C@H]3CC4)c2)ccc1F. The molecular weight excluding hydrogens is 426 g/mol. The van der Waals surface area contributed by atoms with Gasteiger partial charge < -0.3 is 10.2 Å².